The molecule has 2 heteroatoms. The van der Waals surface area contributed by atoms with Crippen molar-refractivity contribution >= 4 is 10.5 Å². The lowest BCUT2D eigenvalue weighted by atomic mass is 9.62. The minimum Gasteiger partial charge on any atom is -0.428 e. The molecule has 0 heterocycles. The lowest BCUT2D eigenvalue weighted by Gasteiger charge is -2.43. The summed E-state index contributed by atoms with van der Waals surface area (Å²) in [6, 6.07) is 0. The molecule has 0 fully saturated rings. The quantitative estimate of drug-likeness (QED) is 0.620. The molecule has 0 bridgehead atoms. The summed E-state index contributed by atoms with van der Waals surface area (Å²) in [6.45, 7) is 15.1. The van der Waals surface area contributed by atoms with Crippen LogP contribution in [0.25, 0.3) is 0 Å². The zero-order valence-corrected chi connectivity index (χ0v) is 13.1. The zero-order chi connectivity index (χ0) is 11.4. The maximum Gasteiger partial charge on any atom is 0.145 e. The van der Waals surface area contributed by atoms with Crippen molar-refractivity contribution in [2.75, 3.05) is 6.61 Å². The van der Waals surface area contributed by atoms with Gasteiger partial charge in [0.2, 0.25) is 0 Å². The van der Waals surface area contributed by atoms with Gasteiger partial charge in [0.05, 0.1) is 0 Å². The van der Waals surface area contributed by atoms with Gasteiger partial charge in [-0.05, 0) is 29.6 Å². The third-order valence-corrected chi connectivity index (χ3v) is 4.71. The predicted octanol–water partition coefficient (Wildman–Crippen LogP) is 2.63. The third kappa shape index (κ3) is 3.09. The van der Waals surface area contributed by atoms with E-state index < -0.39 is 0 Å². The number of hydrogen-bond acceptors (Lipinski definition) is 1. The molecular formula is C12H28OSi. The van der Waals surface area contributed by atoms with Crippen molar-refractivity contribution in [1.82, 2.24) is 0 Å². The molecule has 0 aromatic rings. The van der Waals surface area contributed by atoms with Crippen molar-refractivity contribution in [2.24, 2.45) is 23.2 Å². The first-order valence-corrected chi connectivity index (χ1v) is 6.67. The van der Waals surface area contributed by atoms with E-state index in [0.29, 0.717) is 5.41 Å². The average Bonchev–Trinajstić information content (AvgIpc) is 2.11. The Labute approximate surface area is 93.2 Å². The first-order chi connectivity index (χ1) is 6.37. The summed E-state index contributed by atoms with van der Waals surface area (Å²) in [7, 11) is 0.874. The number of hydrogen-bond donors (Lipinski definition) is 0. The topological polar surface area (TPSA) is 9.23 Å². The molecule has 0 aliphatic rings. The Bertz CT molecular complexity index is 146. The fourth-order valence-corrected chi connectivity index (χ4v) is 2.65. The largest absolute Gasteiger partial charge is 0.428 e. The standard InChI is InChI=1S/C12H28OSi/c1-9(2)12(6,10(3)4)11(5)7-8-13-14/h9-11H,7-8H2,1-6,14H3. The lowest BCUT2D eigenvalue weighted by Crippen LogP contribution is -2.37. The van der Waals surface area contributed by atoms with Crippen LogP contribution in [0.15, 0.2) is 0 Å². The van der Waals surface area contributed by atoms with Crippen LogP contribution in [0.2, 0.25) is 0 Å². The van der Waals surface area contributed by atoms with Gasteiger partial charge in [0, 0.05) is 6.61 Å². The van der Waals surface area contributed by atoms with Crippen LogP contribution in [0.4, 0.5) is 0 Å². The summed E-state index contributed by atoms with van der Waals surface area (Å²) in [5.74, 6) is 2.23. The first-order valence-electron chi connectivity index (χ1n) is 5.86. The molecule has 14 heavy (non-hydrogen) atoms. The smallest absolute Gasteiger partial charge is 0.145 e. The van der Waals surface area contributed by atoms with Gasteiger partial charge in [-0.25, -0.2) is 0 Å². The van der Waals surface area contributed by atoms with Gasteiger partial charge in [-0.1, -0.05) is 41.5 Å². The van der Waals surface area contributed by atoms with Gasteiger partial charge in [-0.2, -0.15) is 0 Å². The van der Waals surface area contributed by atoms with Crippen LogP contribution in [0.1, 0.15) is 48.0 Å². The van der Waals surface area contributed by atoms with E-state index in [1.165, 1.54) is 6.42 Å². The van der Waals surface area contributed by atoms with Gasteiger partial charge >= 0.3 is 0 Å². The Hall–Kier alpha value is 0.177. The van der Waals surface area contributed by atoms with Crippen LogP contribution < -0.4 is 0 Å². The van der Waals surface area contributed by atoms with E-state index in [2.05, 4.69) is 41.5 Å². The van der Waals surface area contributed by atoms with Crippen LogP contribution in [0.3, 0.4) is 0 Å². The van der Waals surface area contributed by atoms with Gasteiger partial charge in [-0.15, -0.1) is 0 Å². The molecule has 0 rings (SSSR count). The van der Waals surface area contributed by atoms with Gasteiger partial charge < -0.3 is 4.43 Å². The fraction of sp³-hybridized carbons (Fsp3) is 1.00. The lowest BCUT2D eigenvalue weighted by molar-refractivity contribution is 0.0501. The Morgan fingerprint density at radius 3 is 1.79 bits per heavy atom. The van der Waals surface area contributed by atoms with Crippen LogP contribution in [0, 0.1) is 23.2 Å². The van der Waals surface area contributed by atoms with Crippen LogP contribution in [-0.2, 0) is 4.43 Å². The summed E-state index contributed by atoms with van der Waals surface area (Å²) in [6.07, 6.45) is 1.20. The van der Waals surface area contributed by atoms with E-state index in [1.54, 1.807) is 0 Å². The van der Waals surface area contributed by atoms with E-state index in [1.807, 2.05) is 0 Å². The molecule has 0 N–H and O–H groups in total. The average molecular weight is 216 g/mol. The molecule has 0 saturated heterocycles. The van der Waals surface area contributed by atoms with E-state index in [-0.39, 0.29) is 0 Å². The predicted molar refractivity (Wildman–Crippen MR) is 67.5 cm³/mol. The Balaban J connectivity index is 4.48. The van der Waals surface area contributed by atoms with Crippen LogP contribution in [-0.4, -0.2) is 17.1 Å². The van der Waals surface area contributed by atoms with E-state index in [9.17, 15) is 0 Å². The molecule has 0 amide bonds. The van der Waals surface area contributed by atoms with Crippen molar-refractivity contribution in [3.8, 4) is 0 Å². The molecule has 0 aliphatic heterocycles. The second-order valence-corrected chi connectivity index (χ2v) is 5.94. The van der Waals surface area contributed by atoms with Gasteiger partial charge in [0.1, 0.15) is 10.5 Å². The molecular weight excluding hydrogens is 188 g/mol. The van der Waals surface area contributed by atoms with Crippen molar-refractivity contribution in [3.63, 3.8) is 0 Å². The van der Waals surface area contributed by atoms with Crippen molar-refractivity contribution in [3.05, 3.63) is 0 Å². The molecule has 0 aromatic carbocycles. The summed E-state index contributed by atoms with van der Waals surface area (Å²) < 4.78 is 5.31. The monoisotopic (exact) mass is 216 g/mol. The summed E-state index contributed by atoms with van der Waals surface area (Å²) >= 11 is 0. The highest BCUT2D eigenvalue weighted by Gasteiger charge is 2.36. The summed E-state index contributed by atoms with van der Waals surface area (Å²) in [5.41, 5.74) is 0.445. The fourth-order valence-electron chi connectivity index (χ4n) is 2.41. The van der Waals surface area contributed by atoms with Gasteiger partial charge in [0.15, 0.2) is 0 Å². The maximum absolute atomic E-state index is 5.31. The highest BCUT2D eigenvalue weighted by atomic mass is 28.2. The van der Waals surface area contributed by atoms with Crippen molar-refractivity contribution in [2.45, 2.75) is 48.0 Å². The molecule has 0 radical (unpaired) electrons. The Morgan fingerprint density at radius 2 is 1.50 bits per heavy atom. The minimum atomic E-state index is 0.445. The van der Waals surface area contributed by atoms with E-state index >= 15 is 0 Å². The molecule has 1 nitrogen and oxygen atoms in total. The molecule has 0 aliphatic carbocycles. The first kappa shape index (κ1) is 14.2. The number of rotatable bonds is 6. The second-order valence-electron chi connectivity index (χ2n) is 5.36. The maximum atomic E-state index is 5.31. The highest BCUT2D eigenvalue weighted by Crippen LogP contribution is 2.43. The van der Waals surface area contributed by atoms with Crippen molar-refractivity contribution in [1.29, 1.82) is 0 Å². The zero-order valence-electron chi connectivity index (χ0n) is 11.1. The van der Waals surface area contributed by atoms with Gasteiger partial charge in [0.25, 0.3) is 0 Å². The molecule has 86 valence electrons. The van der Waals surface area contributed by atoms with Gasteiger partial charge in [-0.3, -0.25) is 0 Å². The minimum absolute atomic E-state index is 0.445. The highest BCUT2D eigenvalue weighted by molar-refractivity contribution is 5.97. The van der Waals surface area contributed by atoms with Crippen LogP contribution in [0.5, 0.6) is 0 Å². The SMILES string of the molecule is CC(C)C(C)(C(C)C)C(C)CCO[SiH3]. The Morgan fingerprint density at radius 1 is 1.07 bits per heavy atom. The summed E-state index contributed by atoms with van der Waals surface area (Å²) in [5, 5.41) is 0. The van der Waals surface area contributed by atoms with Crippen LogP contribution >= 0.6 is 0 Å². The summed E-state index contributed by atoms with van der Waals surface area (Å²) in [4.78, 5) is 0. The third-order valence-electron chi connectivity index (χ3n) is 4.30. The van der Waals surface area contributed by atoms with Crippen molar-refractivity contribution < 1.29 is 4.43 Å². The second kappa shape index (κ2) is 5.91. The van der Waals surface area contributed by atoms with E-state index in [4.69, 9.17) is 4.43 Å². The Kier molecular flexibility index (Phi) is 5.99. The molecule has 0 spiro atoms. The normalized spacial score (nSPS) is 15.4. The molecule has 0 aromatic heterocycles. The molecule has 1 unspecified atom stereocenters. The molecule has 0 saturated carbocycles. The molecule has 1 atom stereocenters. The van der Waals surface area contributed by atoms with E-state index in [0.717, 1.165) is 34.8 Å².